The second kappa shape index (κ2) is 7.86. The number of fused-ring (bicyclic) bond motifs is 1. The molecule has 1 N–H and O–H groups in total. The Morgan fingerprint density at radius 1 is 1.18 bits per heavy atom. The lowest BCUT2D eigenvalue weighted by Gasteiger charge is -2.30. The molecule has 0 saturated heterocycles. The van der Waals surface area contributed by atoms with E-state index < -0.39 is 0 Å². The number of aryl methyl sites for hydroxylation is 1. The maximum Gasteiger partial charge on any atom is 0.275 e. The minimum atomic E-state index is -0.348. The van der Waals surface area contributed by atoms with Gasteiger partial charge in [0.2, 0.25) is 0 Å². The van der Waals surface area contributed by atoms with Crippen LogP contribution in [0.25, 0.3) is 0 Å². The first kappa shape index (κ1) is 18.3. The lowest BCUT2D eigenvalue weighted by atomic mass is 10.0. The number of anilines is 3. The van der Waals surface area contributed by atoms with Crippen molar-refractivity contribution in [3.05, 3.63) is 71.1 Å². The number of amides is 1. The Labute approximate surface area is 168 Å². The fourth-order valence-electron chi connectivity index (χ4n) is 3.29. The highest BCUT2D eigenvalue weighted by Gasteiger charge is 2.19. The monoisotopic (exact) mass is 394 g/mol. The molecule has 0 fully saturated rings. The summed E-state index contributed by atoms with van der Waals surface area (Å²) in [7, 11) is 1.54. The molecule has 0 spiro atoms. The van der Waals surface area contributed by atoms with E-state index in [2.05, 4.69) is 32.3 Å². The van der Waals surface area contributed by atoms with Crippen LogP contribution in [0.15, 0.2) is 54.9 Å². The van der Waals surface area contributed by atoms with E-state index in [9.17, 15) is 4.79 Å². The molecule has 142 valence electrons. The Balaban J connectivity index is 1.51. The van der Waals surface area contributed by atoms with Crippen molar-refractivity contribution in [3.8, 4) is 5.75 Å². The van der Waals surface area contributed by atoms with Gasteiger partial charge in [-0.2, -0.15) is 0 Å². The highest BCUT2D eigenvalue weighted by Crippen LogP contribution is 2.32. The quantitative estimate of drug-likeness (QED) is 0.706. The van der Waals surface area contributed by atoms with Crippen molar-refractivity contribution in [2.75, 3.05) is 23.9 Å². The number of para-hydroxylation sites is 1. The van der Waals surface area contributed by atoms with Crippen LogP contribution in [0.4, 0.5) is 17.2 Å². The van der Waals surface area contributed by atoms with Crippen LogP contribution in [-0.4, -0.2) is 29.5 Å². The maximum absolute atomic E-state index is 12.5. The first-order valence-electron chi connectivity index (χ1n) is 8.98. The molecule has 0 radical (unpaired) electrons. The number of methoxy groups -OCH3 is 1. The molecule has 1 aliphatic rings. The molecule has 1 aromatic heterocycles. The third kappa shape index (κ3) is 3.64. The van der Waals surface area contributed by atoms with Crippen molar-refractivity contribution in [1.29, 1.82) is 0 Å². The molecule has 0 atom stereocenters. The Morgan fingerprint density at radius 3 is 2.79 bits per heavy atom. The molecule has 3 aromatic rings. The van der Waals surface area contributed by atoms with Gasteiger partial charge in [0, 0.05) is 17.9 Å². The number of carbonyl (C=O) groups is 1. The first-order chi connectivity index (χ1) is 13.7. The molecule has 6 nitrogen and oxygen atoms in total. The fraction of sp³-hybridized carbons (Fsp3) is 0.190. The summed E-state index contributed by atoms with van der Waals surface area (Å²) in [6.45, 7) is 0.877. The molecule has 28 heavy (non-hydrogen) atoms. The van der Waals surface area contributed by atoms with Crippen LogP contribution < -0.4 is 15.0 Å². The number of ether oxygens (including phenoxy) is 1. The number of hydrogen-bond acceptors (Lipinski definition) is 5. The van der Waals surface area contributed by atoms with Crippen LogP contribution in [0.1, 0.15) is 22.5 Å². The average Bonchev–Trinajstić information content (AvgIpc) is 2.73. The van der Waals surface area contributed by atoms with Gasteiger partial charge in [0.15, 0.2) is 5.82 Å². The maximum atomic E-state index is 12.5. The van der Waals surface area contributed by atoms with Gasteiger partial charge in [0.05, 0.1) is 24.5 Å². The number of benzene rings is 2. The summed E-state index contributed by atoms with van der Waals surface area (Å²) in [5.74, 6) is 0.932. The second-order valence-corrected chi connectivity index (χ2v) is 6.85. The topological polar surface area (TPSA) is 67.3 Å². The Kier molecular flexibility index (Phi) is 5.12. The average molecular weight is 395 g/mol. The zero-order chi connectivity index (χ0) is 19.5. The van der Waals surface area contributed by atoms with Crippen molar-refractivity contribution in [1.82, 2.24) is 9.97 Å². The Morgan fingerprint density at radius 2 is 2.04 bits per heavy atom. The summed E-state index contributed by atoms with van der Waals surface area (Å²) in [4.78, 5) is 23.4. The standard InChI is InChI=1S/C21H19ClN4O2/c1-28-19-9-8-15(11-16(19)22)25-21(27)17-12-24-20(13-23-17)26-10-4-6-14-5-2-3-7-18(14)26/h2-3,5,7-9,11-13H,4,6,10H2,1H3,(H,25,27). The van der Waals surface area contributed by atoms with Crippen molar-refractivity contribution >= 4 is 34.7 Å². The fourth-order valence-corrected chi connectivity index (χ4v) is 3.55. The zero-order valence-electron chi connectivity index (χ0n) is 15.4. The number of halogens is 1. The number of aromatic nitrogens is 2. The van der Waals surface area contributed by atoms with Crippen LogP contribution in [0.3, 0.4) is 0 Å². The van der Waals surface area contributed by atoms with Gasteiger partial charge in [-0.05, 0) is 42.7 Å². The Hall–Kier alpha value is -3.12. The van der Waals surface area contributed by atoms with Crippen molar-refractivity contribution in [2.45, 2.75) is 12.8 Å². The van der Waals surface area contributed by atoms with Gasteiger partial charge in [-0.25, -0.2) is 9.97 Å². The lowest BCUT2D eigenvalue weighted by Crippen LogP contribution is -2.25. The van der Waals surface area contributed by atoms with E-state index in [1.807, 2.05) is 12.1 Å². The number of nitrogens with one attached hydrogen (secondary N) is 1. The van der Waals surface area contributed by atoms with Gasteiger partial charge < -0.3 is 15.0 Å². The van der Waals surface area contributed by atoms with E-state index >= 15 is 0 Å². The second-order valence-electron chi connectivity index (χ2n) is 6.45. The van der Waals surface area contributed by atoms with Crippen LogP contribution in [-0.2, 0) is 6.42 Å². The molecular formula is C21H19ClN4O2. The van der Waals surface area contributed by atoms with Crippen LogP contribution in [0, 0.1) is 0 Å². The van der Waals surface area contributed by atoms with Crippen molar-refractivity contribution in [3.63, 3.8) is 0 Å². The molecule has 0 bridgehead atoms. The van der Waals surface area contributed by atoms with E-state index in [1.54, 1.807) is 24.4 Å². The summed E-state index contributed by atoms with van der Waals surface area (Å²) >= 11 is 6.10. The summed E-state index contributed by atoms with van der Waals surface area (Å²) < 4.78 is 5.11. The lowest BCUT2D eigenvalue weighted by molar-refractivity contribution is 0.102. The van der Waals surface area contributed by atoms with E-state index in [0.29, 0.717) is 16.5 Å². The highest BCUT2D eigenvalue weighted by atomic mass is 35.5. The summed E-state index contributed by atoms with van der Waals surface area (Å²) in [5.41, 5.74) is 3.24. The Bertz CT molecular complexity index is 1010. The van der Waals surface area contributed by atoms with Gasteiger partial charge >= 0.3 is 0 Å². The molecule has 1 amide bonds. The predicted octanol–water partition coefficient (Wildman–Crippen LogP) is 4.48. The van der Waals surface area contributed by atoms with Gasteiger partial charge in [-0.15, -0.1) is 0 Å². The van der Waals surface area contributed by atoms with Crippen LogP contribution >= 0.6 is 11.6 Å². The third-order valence-electron chi connectivity index (χ3n) is 4.67. The number of nitrogens with zero attached hydrogens (tertiary/aromatic N) is 3. The van der Waals surface area contributed by atoms with E-state index in [4.69, 9.17) is 16.3 Å². The minimum absolute atomic E-state index is 0.237. The number of hydrogen-bond donors (Lipinski definition) is 1. The summed E-state index contributed by atoms with van der Waals surface area (Å²) in [6.07, 6.45) is 5.25. The molecule has 2 aromatic carbocycles. The van der Waals surface area contributed by atoms with Crippen molar-refractivity contribution in [2.24, 2.45) is 0 Å². The molecular weight excluding hydrogens is 376 g/mol. The molecule has 1 aliphatic heterocycles. The van der Waals surface area contributed by atoms with Gasteiger partial charge in [-0.3, -0.25) is 4.79 Å². The van der Waals surface area contributed by atoms with E-state index in [-0.39, 0.29) is 11.6 Å². The normalized spacial score (nSPS) is 13.0. The molecule has 2 heterocycles. The third-order valence-corrected chi connectivity index (χ3v) is 4.96. The van der Waals surface area contributed by atoms with Crippen LogP contribution in [0.2, 0.25) is 5.02 Å². The molecule has 0 unspecified atom stereocenters. The molecule has 0 saturated carbocycles. The number of carbonyl (C=O) groups excluding carboxylic acids is 1. The van der Waals surface area contributed by atoms with Crippen LogP contribution in [0.5, 0.6) is 5.75 Å². The predicted molar refractivity (Wildman–Crippen MR) is 110 cm³/mol. The van der Waals surface area contributed by atoms with Crippen molar-refractivity contribution < 1.29 is 9.53 Å². The summed E-state index contributed by atoms with van der Waals surface area (Å²) in [6, 6.07) is 13.3. The highest BCUT2D eigenvalue weighted by molar-refractivity contribution is 6.32. The number of rotatable bonds is 4. The zero-order valence-corrected chi connectivity index (χ0v) is 16.1. The molecule has 7 heteroatoms. The first-order valence-corrected chi connectivity index (χ1v) is 9.36. The van der Waals surface area contributed by atoms with Gasteiger partial charge in [-0.1, -0.05) is 29.8 Å². The molecule has 0 aliphatic carbocycles. The van der Waals surface area contributed by atoms with E-state index in [0.717, 1.165) is 30.9 Å². The van der Waals surface area contributed by atoms with E-state index in [1.165, 1.54) is 18.9 Å². The van der Waals surface area contributed by atoms with Gasteiger partial charge in [0.25, 0.3) is 5.91 Å². The smallest absolute Gasteiger partial charge is 0.275 e. The summed E-state index contributed by atoms with van der Waals surface area (Å²) in [5, 5.41) is 3.19. The minimum Gasteiger partial charge on any atom is -0.495 e. The van der Waals surface area contributed by atoms with Gasteiger partial charge in [0.1, 0.15) is 11.4 Å². The SMILES string of the molecule is COc1ccc(NC(=O)c2cnc(N3CCCc4ccccc43)cn2)cc1Cl. The largest absolute Gasteiger partial charge is 0.495 e. The molecule has 4 rings (SSSR count).